The number of rotatable bonds is 2. The Hall–Kier alpha value is -1.10. The smallest absolute Gasteiger partial charge is 0.263 e. The van der Waals surface area contributed by atoms with Crippen LogP contribution in [-0.2, 0) is 0 Å². The van der Waals surface area contributed by atoms with Gasteiger partial charge in [0, 0.05) is 16.1 Å². The van der Waals surface area contributed by atoms with E-state index in [4.69, 9.17) is 11.6 Å². The Balaban J connectivity index is 1.77. The van der Waals surface area contributed by atoms with Crippen LogP contribution < -0.4 is 5.32 Å². The molecule has 1 fully saturated rings. The molecule has 20 heavy (non-hydrogen) atoms. The zero-order chi connectivity index (χ0) is 14.1. The van der Waals surface area contributed by atoms with Crippen LogP contribution in [0.15, 0.2) is 24.3 Å². The van der Waals surface area contributed by atoms with Crippen LogP contribution in [0.4, 0.5) is 0 Å². The molecule has 1 saturated heterocycles. The zero-order valence-corrected chi connectivity index (χ0v) is 12.9. The van der Waals surface area contributed by atoms with Crippen LogP contribution in [-0.4, -0.2) is 37.0 Å². The molecule has 1 aliphatic rings. The Bertz CT molecular complexity index is 632. The van der Waals surface area contributed by atoms with Gasteiger partial charge >= 0.3 is 0 Å². The molecule has 0 saturated carbocycles. The van der Waals surface area contributed by atoms with E-state index in [1.54, 1.807) is 0 Å². The SMILES string of the molecule is CN1CCC(NC(=O)c2sc3ccccc3c2Cl)CC1. The maximum absolute atomic E-state index is 12.4. The number of nitrogens with one attached hydrogen (secondary N) is 1. The third kappa shape index (κ3) is 2.68. The molecule has 1 aliphatic heterocycles. The monoisotopic (exact) mass is 308 g/mol. The van der Waals surface area contributed by atoms with Crippen molar-refractivity contribution in [2.75, 3.05) is 20.1 Å². The fraction of sp³-hybridized carbons (Fsp3) is 0.400. The minimum atomic E-state index is -0.0363. The summed E-state index contributed by atoms with van der Waals surface area (Å²) in [5, 5.41) is 4.66. The van der Waals surface area contributed by atoms with E-state index in [9.17, 15) is 4.79 Å². The van der Waals surface area contributed by atoms with Gasteiger partial charge in [0.25, 0.3) is 5.91 Å². The number of hydrogen-bond acceptors (Lipinski definition) is 3. The number of nitrogens with zero attached hydrogens (tertiary/aromatic N) is 1. The molecule has 0 radical (unpaired) electrons. The zero-order valence-electron chi connectivity index (χ0n) is 11.4. The summed E-state index contributed by atoms with van der Waals surface area (Å²) in [4.78, 5) is 15.3. The predicted molar refractivity (Wildman–Crippen MR) is 84.8 cm³/mol. The lowest BCUT2D eigenvalue weighted by atomic mass is 10.1. The quantitative estimate of drug-likeness (QED) is 0.922. The summed E-state index contributed by atoms with van der Waals surface area (Å²) in [6, 6.07) is 8.13. The molecule has 0 aliphatic carbocycles. The van der Waals surface area contributed by atoms with Crippen molar-refractivity contribution in [3.63, 3.8) is 0 Å². The molecule has 1 aromatic heterocycles. The van der Waals surface area contributed by atoms with Gasteiger partial charge < -0.3 is 10.2 Å². The number of amides is 1. The maximum Gasteiger partial charge on any atom is 0.263 e. The van der Waals surface area contributed by atoms with E-state index in [0.29, 0.717) is 9.90 Å². The third-order valence-corrected chi connectivity index (χ3v) is 5.47. The second-order valence-corrected chi connectivity index (χ2v) is 6.72. The average molecular weight is 309 g/mol. The van der Waals surface area contributed by atoms with Crippen molar-refractivity contribution in [3.8, 4) is 0 Å². The molecule has 1 aromatic carbocycles. The second-order valence-electron chi connectivity index (χ2n) is 5.29. The van der Waals surface area contributed by atoms with Gasteiger partial charge in [-0.05, 0) is 39.0 Å². The highest BCUT2D eigenvalue weighted by molar-refractivity contribution is 7.21. The van der Waals surface area contributed by atoms with Gasteiger partial charge in [0.1, 0.15) is 4.88 Å². The lowest BCUT2D eigenvalue weighted by molar-refractivity contribution is 0.0921. The van der Waals surface area contributed by atoms with Crippen molar-refractivity contribution in [2.24, 2.45) is 0 Å². The van der Waals surface area contributed by atoms with Gasteiger partial charge in [0.2, 0.25) is 0 Å². The van der Waals surface area contributed by atoms with Crippen LogP contribution in [0.1, 0.15) is 22.5 Å². The number of carbonyl (C=O) groups is 1. The number of halogens is 1. The van der Waals surface area contributed by atoms with Crippen LogP contribution in [0, 0.1) is 0 Å². The predicted octanol–water partition coefficient (Wildman–Crippen LogP) is 3.38. The summed E-state index contributed by atoms with van der Waals surface area (Å²) in [6.07, 6.45) is 2.01. The number of benzene rings is 1. The molecule has 1 N–H and O–H groups in total. The molecule has 106 valence electrons. The van der Waals surface area contributed by atoms with Gasteiger partial charge in [0.15, 0.2) is 0 Å². The largest absolute Gasteiger partial charge is 0.348 e. The molecule has 0 unspecified atom stereocenters. The topological polar surface area (TPSA) is 32.3 Å². The molecule has 3 nitrogen and oxygen atoms in total. The standard InChI is InChI=1S/C15H17ClN2OS/c1-18-8-6-10(7-9-18)17-15(19)14-13(16)11-4-2-3-5-12(11)20-14/h2-5,10H,6-9H2,1H3,(H,17,19). The van der Waals surface area contributed by atoms with E-state index in [-0.39, 0.29) is 11.9 Å². The number of thiophene rings is 1. The second kappa shape index (κ2) is 5.72. The first kappa shape index (κ1) is 13.9. The highest BCUT2D eigenvalue weighted by Crippen LogP contribution is 2.35. The van der Waals surface area contributed by atoms with E-state index in [1.165, 1.54) is 11.3 Å². The van der Waals surface area contributed by atoms with Gasteiger partial charge in [-0.2, -0.15) is 0 Å². The highest BCUT2D eigenvalue weighted by atomic mass is 35.5. The van der Waals surface area contributed by atoms with Crippen molar-refractivity contribution >= 4 is 38.9 Å². The first-order valence-corrected chi connectivity index (χ1v) is 8.01. The maximum atomic E-state index is 12.4. The number of piperidine rings is 1. The van der Waals surface area contributed by atoms with Gasteiger partial charge in [-0.15, -0.1) is 11.3 Å². The van der Waals surface area contributed by atoms with Crippen molar-refractivity contribution in [1.29, 1.82) is 0 Å². The minimum absolute atomic E-state index is 0.0363. The van der Waals surface area contributed by atoms with Crippen LogP contribution >= 0.6 is 22.9 Å². The Morgan fingerprint density at radius 2 is 2.05 bits per heavy atom. The van der Waals surface area contributed by atoms with E-state index in [0.717, 1.165) is 36.0 Å². The normalized spacial score (nSPS) is 17.5. The Kier molecular flexibility index (Phi) is 3.96. The molecular formula is C15H17ClN2OS. The number of fused-ring (bicyclic) bond motifs is 1. The lowest BCUT2D eigenvalue weighted by Crippen LogP contribution is -2.43. The average Bonchev–Trinajstić information content (AvgIpc) is 2.79. The molecule has 3 rings (SSSR count). The van der Waals surface area contributed by atoms with Crippen molar-refractivity contribution in [2.45, 2.75) is 18.9 Å². The number of likely N-dealkylation sites (tertiary alicyclic amines) is 1. The van der Waals surface area contributed by atoms with Crippen LogP contribution in [0.25, 0.3) is 10.1 Å². The van der Waals surface area contributed by atoms with E-state index in [2.05, 4.69) is 17.3 Å². The molecular weight excluding hydrogens is 292 g/mol. The van der Waals surface area contributed by atoms with Gasteiger partial charge in [-0.25, -0.2) is 0 Å². The molecule has 5 heteroatoms. The van der Waals surface area contributed by atoms with E-state index in [1.807, 2.05) is 24.3 Å². The first-order valence-electron chi connectivity index (χ1n) is 6.81. The summed E-state index contributed by atoms with van der Waals surface area (Å²) >= 11 is 7.80. The van der Waals surface area contributed by atoms with Crippen molar-refractivity contribution in [1.82, 2.24) is 10.2 Å². The third-order valence-electron chi connectivity index (χ3n) is 3.79. The highest BCUT2D eigenvalue weighted by Gasteiger charge is 2.22. The molecule has 1 amide bonds. The minimum Gasteiger partial charge on any atom is -0.348 e. The van der Waals surface area contributed by atoms with Crippen LogP contribution in [0.3, 0.4) is 0 Å². The van der Waals surface area contributed by atoms with Gasteiger partial charge in [-0.1, -0.05) is 29.8 Å². The van der Waals surface area contributed by atoms with Crippen molar-refractivity contribution in [3.05, 3.63) is 34.2 Å². The molecule has 2 aromatic rings. The number of hydrogen-bond donors (Lipinski definition) is 1. The van der Waals surface area contributed by atoms with Crippen molar-refractivity contribution < 1.29 is 4.79 Å². The van der Waals surface area contributed by atoms with Crippen LogP contribution in [0.2, 0.25) is 5.02 Å². The fourth-order valence-corrected chi connectivity index (χ4v) is 3.98. The van der Waals surface area contributed by atoms with Crippen LogP contribution in [0.5, 0.6) is 0 Å². The Morgan fingerprint density at radius 1 is 1.35 bits per heavy atom. The molecule has 2 heterocycles. The molecule has 0 spiro atoms. The lowest BCUT2D eigenvalue weighted by Gasteiger charge is -2.29. The van der Waals surface area contributed by atoms with Gasteiger partial charge in [-0.3, -0.25) is 4.79 Å². The Labute approximate surface area is 127 Å². The van der Waals surface area contributed by atoms with Gasteiger partial charge in [0.05, 0.1) is 5.02 Å². The fourth-order valence-electron chi connectivity index (χ4n) is 2.56. The first-order chi connectivity index (χ1) is 9.65. The van der Waals surface area contributed by atoms with E-state index >= 15 is 0 Å². The summed E-state index contributed by atoms with van der Waals surface area (Å²) in [7, 11) is 2.11. The molecule has 0 bridgehead atoms. The molecule has 0 atom stereocenters. The Morgan fingerprint density at radius 3 is 2.75 bits per heavy atom. The van der Waals surface area contributed by atoms with E-state index < -0.39 is 0 Å². The summed E-state index contributed by atoms with van der Waals surface area (Å²) < 4.78 is 1.06. The summed E-state index contributed by atoms with van der Waals surface area (Å²) in [6.45, 7) is 2.07. The number of carbonyl (C=O) groups excluding carboxylic acids is 1. The summed E-state index contributed by atoms with van der Waals surface area (Å²) in [5.74, 6) is -0.0363. The summed E-state index contributed by atoms with van der Waals surface area (Å²) in [5.41, 5.74) is 0.